The zero-order valence-electron chi connectivity index (χ0n) is 23.5. The van der Waals surface area contributed by atoms with E-state index in [9.17, 15) is 0 Å². The maximum Gasteiger partial charge on any atom is 0.0431 e. The SMILES string of the molecule is CCCCCCCCCCCCCCC(C)CCCCCCCCCCCCCCCCO. The van der Waals surface area contributed by atoms with E-state index in [4.69, 9.17) is 5.11 Å². The molecule has 0 aromatic carbocycles. The predicted octanol–water partition coefficient (Wildman–Crippen LogP) is 11.6. The number of rotatable bonds is 29. The van der Waals surface area contributed by atoms with Gasteiger partial charge >= 0.3 is 0 Å². The summed E-state index contributed by atoms with van der Waals surface area (Å²) in [6, 6.07) is 0. The summed E-state index contributed by atoms with van der Waals surface area (Å²) in [6.07, 6.45) is 39.9. The van der Waals surface area contributed by atoms with E-state index >= 15 is 0 Å². The molecule has 0 aliphatic heterocycles. The van der Waals surface area contributed by atoms with Gasteiger partial charge in [-0.1, -0.05) is 187 Å². The molecule has 0 saturated carbocycles. The van der Waals surface area contributed by atoms with Crippen molar-refractivity contribution in [3.63, 3.8) is 0 Å². The van der Waals surface area contributed by atoms with Crippen molar-refractivity contribution < 1.29 is 5.11 Å². The molecule has 0 aromatic heterocycles. The molecule has 0 saturated heterocycles. The van der Waals surface area contributed by atoms with Crippen LogP contribution in [-0.4, -0.2) is 11.7 Å². The van der Waals surface area contributed by atoms with Crippen molar-refractivity contribution in [2.45, 2.75) is 194 Å². The molecular formula is C32H66O. The fourth-order valence-electron chi connectivity index (χ4n) is 5.20. The fourth-order valence-corrected chi connectivity index (χ4v) is 5.20. The summed E-state index contributed by atoms with van der Waals surface area (Å²) in [5.74, 6) is 0.955. The first-order valence-corrected chi connectivity index (χ1v) is 15.9. The normalized spacial score (nSPS) is 12.5. The van der Waals surface area contributed by atoms with Crippen LogP contribution in [0.1, 0.15) is 194 Å². The highest BCUT2D eigenvalue weighted by atomic mass is 16.2. The Bertz CT molecular complexity index is 326. The second-order valence-corrected chi connectivity index (χ2v) is 11.2. The van der Waals surface area contributed by atoms with Crippen LogP contribution < -0.4 is 0 Å². The molecule has 1 heteroatoms. The van der Waals surface area contributed by atoms with Crippen molar-refractivity contribution in [1.29, 1.82) is 0 Å². The topological polar surface area (TPSA) is 20.2 Å². The molecule has 0 fully saturated rings. The number of aliphatic hydroxyl groups is 1. The van der Waals surface area contributed by atoms with E-state index in [0.29, 0.717) is 6.61 Å². The van der Waals surface area contributed by atoms with Gasteiger partial charge in [0.15, 0.2) is 0 Å². The summed E-state index contributed by atoms with van der Waals surface area (Å²) in [5.41, 5.74) is 0. The lowest BCUT2D eigenvalue weighted by Gasteiger charge is -2.11. The van der Waals surface area contributed by atoms with Gasteiger partial charge < -0.3 is 5.11 Å². The van der Waals surface area contributed by atoms with Crippen molar-refractivity contribution in [3.8, 4) is 0 Å². The van der Waals surface area contributed by atoms with E-state index in [-0.39, 0.29) is 0 Å². The molecule has 1 nitrogen and oxygen atoms in total. The first-order chi connectivity index (χ1) is 16.3. The molecular weight excluding hydrogens is 400 g/mol. The second kappa shape index (κ2) is 30.0. The summed E-state index contributed by atoms with van der Waals surface area (Å²) in [6.45, 7) is 5.17. The van der Waals surface area contributed by atoms with Gasteiger partial charge in [-0.2, -0.15) is 0 Å². The average molecular weight is 467 g/mol. The number of hydrogen-bond acceptors (Lipinski definition) is 1. The van der Waals surface area contributed by atoms with Crippen LogP contribution >= 0.6 is 0 Å². The molecule has 1 N–H and O–H groups in total. The molecule has 0 bridgehead atoms. The highest BCUT2D eigenvalue weighted by molar-refractivity contribution is 4.56. The quantitative estimate of drug-likeness (QED) is 0.109. The lowest BCUT2D eigenvalue weighted by molar-refractivity contribution is 0.282. The predicted molar refractivity (Wildman–Crippen MR) is 151 cm³/mol. The molecule has 0 radical (unpaired) electrons. The van der Waals surface area contributed by atoms with Crippen LogP contribution in [0.15, 0.2) is 0 Å². The van der Waals surface area contributed by atoms with Gasteiger partial charge in [0.25, 0.3) is 0 Å². The smallest absolute Gasteiger partial charge is 0.0431 e. The van der Waals surface area contributed by atoms with Gasteiger partial charge in [-0.3, -0.25) is 0 Å². The molecule has 1 unspecified atom stereocenters. The Hall–Kier alpha value is -0.0400. The summed E-state index contributed by atoms with van der Waals surface area (Å²) in [7, 11) is 0. The molecule has 0 aliphatic rings. The van der Waals surface area contributed by atoms with E-state index in [0.717, 1.165) is 12.3 Å². The maximum atomic E-state index is 8.77. The van der Waals surface area contributed by atoms with Gasteiger partial charge in [0, 0.05) is 6.61 Å². The van der Waals surface area contributed by atoms with Crippen LogP contribution in [0.5, 0.6) is 0 Å². The molecule has 0 aliphatic carbocycles. The standard InChI is InChI=1S/C32H66O/c1-3-4-5-6-7-8-9-14-17-20-23-26-29-32(2)30-27-24-21-18-15-12-10-11-13-16-19-22-25-28-31-33/h32-33H,3-31H2,1-2H3. The van der Waals surface area contributed by atoms with Crippen molar-refractivity contribution in [3.05, 3.63) is 0 Å². The molecule has 1 atom stereocenters. The number of hydrogen-bond donors (Lipinski definition) is 1. The van der Waals surface area contributed by atoms with E-state index in [1.54, 1.807) is 0 Å². The van der Waals surface area contributed by atoms with Crippen LogP contribution in [0.3, 0.4) is 0 Å². The van der Waals surface area contributed by atoms with Gasteiger partial charge in [0.1, 0.15) is 0 Å². The van der Waals surface area contributed by atoms with Crippen LogP contribution in [0.25, 0.3) is 0 Å². The average Bonchev–Trinajstić information content (AvgIpc) is 2.82. The fraction of sp³-hybridized carbons (Fsp3) is 1.00. The first kappa shape index (κ1) is 33.0. The van der Waals surface area contributed by atoms with E-state index in [1.807, 2.05) is 0 Å². The van der Waals surface area contributed by atoms with Gasteiger partial charge in [0.05, 0.1) is 0 Å². The van der Waals surface area contributed by atoms with Crippen molar-refractivity contribution in [2.24, 2.45) is 5.92 Å². The third-order valence-electron chi connectivity index (χ3n) is 7.66. The van der Waals surface area contributed by atoms with Gasteiger partial charge in [-0.15, -0.1) is 0 Å². The van der Waals surface area contributed by atoms with Crippen molar-refractivity contribution >= 4 is 0 Å². The molecule has 0 heterocycles. The third kappa shape index (κ3) is 29.9. The van der Waals surface area contributed by atoms with Crippen LogP contribution in [0.2, 0.25) is 0 Å². The summed E-state index contributed by atoms with van der Waals surface area (Å²) < 4.78 is 0. The van der Waals surface area contributed by atoms with E-state index in [2.05, 4.69) is 13.8 Å². The largest absolute Gasteiger partial charge is 0.396 e. The monoisotopic (exact) mass is 467 g/mol. The van der Waals surface area contributed by atoms with Crippen molar-refractivity contribution in [2.75, 3.05) is 6.61 Å². The van der Waals surface area contributed by atoms with Crippen LogP contribution in [-0.2, 0) is 0 Å². The molecule has 0 spiro atoms. The van der Waals surface area contributed by atoms with Crippen LogP contribution in [0.4, 0.5) is 0 Å². The van der Waals surface area contributed by atoms with E-state index < -0.39 is 0 Å². The Morgan fingerprint density at radius 3 is 0.879 bits per heavy atom. The molecule has 0 amide bonds. The molecule has 33 heavy (non-hydrogen) atoms. The first-order valence-electron chi connectivity index (χ1n) is 15.9. The molecule has 0 rings (SSSR count). The van der Waals surface area contributed by atoms with Crippen molar-refractivity contribution in [1.82, 2.24) is 0 Å². The van der Waals surface area contributed by atoms with Crippen LogP contribution in [0, 0.1) is 5.92 Å². The minimum Gasteiger partial charge on any atom is -0.396 e. The minimum absolute atomic E-state index is 0.374. The van der Waals surface area contributed by atoms with Gasteiger partial charge in [-0.05, 0) is 12.3 Å². The summed E-state index contributed by atoms with van der Waals surface area (Å²) in [4.78, 5) is 0. The Morgan fingerprint density at radius 1 is 0.364 bits per heavy atom. The Morgan fingerprint density at radius 2 is 0.606 bits per heavy atom. The maximum absolute atomic E-state index is 8.77. The zero-order valence-corrected chi connectivity index (χ0v) is 23.5. The van der Waals surface area contributed by atoms with E-state index in [1.165, 1.54) is 173 Å². The van der Waals surface area contributed by atoms with Gasteiger partial charge in [-0.25, -0.2) is 0 Å². The Balaban J connectivity index is 3.13. The summed E-state index contributed by atoms with van der Waals surface area (Å²) >= 11 is 0. The molecule has 200 valence electrons. The summed E-state index contributed by atoms with van der Waals surface area (Å²) in [5, 5.41) is 8.77. The number of unbranched alkanes of at least 4 members (excludes halogenated alkanes) is 24. The number of aliphatic hydroxyl groups excluding tert-OH is 1. The lowest BCUT2D eigenvalue weighted by atomic mass is 9.95. The highest BCUT2D eigenvalue weighted by Gasteiger charge is 2.02. The third-order valence-corrected chi connectivity index (χ3v) is 7.66. The Labute approximate surface area is 211 Å². The zero-order chi connectivity index (χ0) is 24.1. The highest BCUT2D eigenvalue weighted by Crippen LogP contribution is 2.19. The minimum atomic E-state index is 0.374. The Kier molecular flexibility index (Phi) is 30.0. The second-order valence-electron chi connectivity index (χ2n) is 11.2. The molecule has 0 aromatic rings. The lowest BCUT2D eigenvalue weighted by Crippen LogP contribution is -1.95. The van der Waals surface area contributed by atoms with Gasteiger partial charge in [0.2, 0.25) is 0 Å².